The Bertz CT molecular complexity index is 620. The van der Waals surface area contributed by atoms with Gasteiger partial charge in [0, 0.05) is 25.1 Å². The zero-order chi connectivity index (χ0) is 16.9. The van der Waals surface area contributed by atoms with Crippen molar-refractivity contribution in [1.29, 1.82) is 0 Å². The molecule has 0 aromatic heterocycles. The number of benzene rings is 1. The summed E-state index contributed by atoms with van der Waals surface area (Å²) in [6, 6.07) is 6.15. The lowest BCUT2D eigenvalue weighted by Gasteiger charge is -2.57. The van der Waals surface area contributed by atoms with Crippen LogP contribution in [0.2, 0.25) is 0 Å². The Hall–Kier alpha value is -1.29. The molecule has 0 radical (unpaired) electrons. The maximum atomic E-state index is 6.12. The molecule has 3 nitrogen and oxygen atoms in total. The van der Waals surface area contributed by atoms with Crippen molar-refractivity contribution in [2.45, 2.75) is 43.9 Å². The molecule has 0 saturated heterocycles. The summed E-state index contributed by atoms with van der Waals surface area (Å²) in [6.45, 7) is 0. The molecule has 5 rings (SSSR count). The van der Waals surface area contributed by atoms with Gasteiger partial charge in [-0.25, -0.2) is 0 Å². The lowest BCUT2D eigenvalue weighted by atomic mass is 9.48. The number of hydrogen-bond donors (Lipinski definition) is 0. The lowest BCUT2D eigenvalue weighted by molar-refractivity contribution is -0.00689. The Morgan fingerprint density at radius 3 is 2.08 bits per heavy atom. The third-order valence-corrected chi connectivity index (χ3v) is 6.79. The Balaban J connectivity index is 1.77. The second-order valence-corrected chi connectivity index (χ2v) is 8.64. The third kappa shape index (κ3) is 2.59. The highest BCUT2D eigenvalue weighted by Crippen LogP contribution is 2.63. The van der Waals surface area contributed by atoms with Crippen molar-refractivity contribution in [3.05, 3.63) is 23.8 Å². The average Bonchev–Trinajstić information content (AvgIpc) is 2.53. The summed E-state index contributed by atoms with van der Waals surface area (Å²) in [5, 5.41) is 0.509. The zero-order valence-electron chi connectivity index (χ0n) is 14.9. The van der Waals surface area contributed by atoms with Gasteiger partial charge in [0.2, 0.25) is 0 Å². The van der Waals surface area contributed by atoms with Crippen molar-refractivity contribution >= 4 is 17.4 Å². The van der Waals surface area contributed by atoms with Crippen molar-refractivity contribution in [3.8, 4) is 11.5 Å². The summed E-state index contributed by atoms with van der Waals surface area (Å²) < 4.78 is 11.9. The van der Waals surface area contributed by atoms with Gasteiger partial charge in [0.15, 0.2) is 0 Å². The van der Waals surface area contributed by atoms with Crippen molar-refractivity contribution in [1.82, 2.24) is 4.90 Å². The van der Waals surface area contributed by atoms with Crippen LogP contribution in [0.3, 0.4) is 0 Å². The molecule has 4 saturated carbocycles. The Morgan fingerprint density at radius 2 is 1.58 bits per heavy atom. The van der Waals surface area contributed by atoms with Crippen LogP contribution >= 0.6 is 12.2 Å². The predicted octanol–water partition coefficient (Wildman–Crippen LogP) is 4.39. The Labute approximate surface area is 150 Å². The quantitative estimate of drug-likeness (QED) is 0.758. The van der Waals surface area contributed by atoms with Crippen LogP contribution in [0, 0.1) is 17.8 Å². The minimum absolute atomic E-state index is 0.221. The number of methoxy groups -OCH3 is 1. The Kier molecular flexibility index (Phi) is 3.98. The van der Waals surface area contributed by atoms with Gasteiger partial charge in [-0.05, 0) is 80.6 Å². The van der Waals surface area contributed by atoms with Gasteiger partial charge < -0.3 is 14.4 Å². The molecule has 0 amide bonds. The second-order valence-electron chi connectivity index (χ2n) is 8.29. The van der Waals surface area contributed by atoms with Crippen LogP contribution in [-0.4, -0.2) is 31.3 Å². The molecule has 130 valence electrons. The number of ether oxygens (including phenoxy) is 2. The van der Waals surface area contributed by atoms with Crippen LogP contribution in [0.1, 0.15) is 44.1 Å². The van der Waals surface area contributed by atoms with Gasteiger partial charge in [0.25, 0.3) is 5.17 Å². The van der Waals surface area contributed by atoms with Gasteiger partial charge in [-0.15, -0.1) is 0 Å². The van der Waals surface area contributed by atoms with E-state index in [1.54, 1.807) is 7.11 Å². The molecular formula is C20H27NO2S. The number of hydrogen-bond acceptors (Lipinski definition) is 3. The molecule has 0 N–H and O–H groups in total. The first kappa shape index (κ1) is 16.2. The van der Waals surface area contributed by atoms with Crippen LogP contribution in [0.15, 0.2) is 18.2 Å². The van der Waals surface area contributed by atoms with E-state index in [-0.39, 0.29) is 5.41 Å². The summed E-state index contributed by atoms with van der Waals surface area (Å²) >= 11 is 5.41. The molecule has 1 aromatic carbocycles. The summed E-state index contributed by atoms with van der Waals surface area (Å²) in [4.78, 5) is 1.85. The predicted molar refractivity (Wildman–Crippen MR) is 99.8 cm³/mol. The molecule has 0 unspecified atom stereocenters. The first-order valence-electron chi connectivity index (χ1n) is 9.07. The smallest absolute Gasteiger partial charge is 0.264 e. The fraction of sp³-hybridized carbons (Fsp3) is 0.650. The Morgan fingerprint density at radius 1 is 1.04 bits per heavy atom. The fourth-order valence-electron chi connectivity index (χ4n) is 5.89. The molecule has 4 bridgehead atoms. The van der Waals surface area contributed by atoms with Crippen LogP contribution in [-0.2, 0) is 5.41 Å². The monoisotopic (exact) mass is 345 g/mol. The number of rotatable bonds is 3. The van der Waals surface area contributed by atoms with Gasteiger partial charge in [0.1, 0.15) is 11.5 Å². The van der Waals surface area contributed by atoms with E-state index in [0.717, 1.165) is 29.3 Å². The van der Waals surface area contributed by atoms with Crippen LogP contribution in [0.5, 0.6) is 11.5 Å². The molecular weight excluding hydrogens is 318 g/mol. The van der Waals surface area contributed by atoms with E-state index in [9.17, 15) is 0 Å². The molecule has 4 heteroatoms. The SMILES string of the molecule is COc1cccc(OC(=S)N(C)C)c1C12CC3CC(CC(C3)C1)C2. The maximum absolute atomic E-state index is 6.12. The summed E-state index contributed by atoms with van der Waals surface area (Å²) in [5.74, 6) is 4.52. The number of nitrogens with zero attached hydrogens (tertiary/aromatic N) is 1. The first-order chi connectivity index (χ1) is 11.5. The van der Waals surface area contributed by atoms with Crippen molar-refractivity contribution < 1.29 is 9.47 Å². The lowest BCUT2D eigenvalue weighted by Crippen LogP contribution is -2.48. The first-order valence-corrected chi connectivity index (χ1v) is 9.48. The highest BCUT2D eigenvalue weighted by Gasteiger charge is 2.53. The molecule has 1 aromatic rings. The molecule has 24 heavy (non-hydrogen) atoms. The molecule has 4 aliphatic rings. The molecule has 4 aliphatic carbocycles. The average molecular weight is 346 g/mol. The van der Waals surface area contributed by atoms with Gasteiger partial charge in [0.05, 0.1) is 7.11 Å². The van der Waals surface area contributed by atoms with E-state index in [2.05, 4.69) is 12.1 Å². The molecule has 0 aliphatic heterocycles. The maximum Gasteiger partial charge on any atom is 0.264 e. The zero-order valence-corrected chi connectivity index (χ0v) is 15.7. The second kappa shape index (κ2) is 5.91. The van der Waals surface area contributed by atoms with Crippen molar-refractivity contribution in [2.75, 3.05) is 21.2 Å². The van der Waals surface area contributed by atoms with E-state index >= 15 is 0 Å². The minimum atomic E-state index is 0.221. The molecule has 0 spiro atoms. The van der Waals surface area contributed by atoms with Crippen molar-refractivity contribution in [3.63, 3.8) is 0 Å². The van der Waals surface area contributed by atoms with E-state index in [1.165, 1.54) is 44.1 Å². The topological polar surface area (TPSA) is 21.7 Å². The third-order valence-electron chi connectivity index (χ3n) is 6.34. The highest BCUT2D eigenvalue weighted by molar-refractivity contribution is 7.80. The van der Waals surface area contributed by atoms with Crippen LogP contribution < -0.4 is 9.47 Å². The van der Waals surface area contributed by atoms with Crippen LogP contribution in [0.25, 0.3) is 0 Å². The largest absolute Gasteiger partial charge is 0.496 e. The highest BCUT2D eigenvalue weighted by atomic mass is 32.1. The van der Waals surface area contributed by atoms with E-state index in [4.69, 9.17) is 21.7 Å². The number of thiocarbonyl (C=S) groups is 1. The molecule has 4 fully saturated rings. The summed E-state index contributed by atoms with van der Waals surface area (Å²) in [7, 11) is 5.62. The van der Waals surface area contributed by atoms with E-state index < -0.39 is 0 Å². The van der Waals surface area contributed by atoms with Gasteiger partial charge in [-0.2, -0.15) is 0 Å². The van der Waals surface area contributed by atoms with Gasteiger partial charge in [-0.3, -0.25) is 0 Å². The molecule has 0 atom stereocenters. The van der Waals surface area contributed by atoms with E-state index in [1.807, 2.05) is 25.1 Å². The summed E-state index contributed by atoms with van der Waals surface area (Å²) in [5.41, 5.74) is 1.49. The standard InChI is InChI=1S/C20H27NO2S/c1-21(2)19(24)23-17-6-4-5-16(22-3)18(17)20-10-13-7-14(11-20)9-15(8-13)12-20/h4-6,13-15H,7-12H2,1-3H3. The van der Waals surface area contributed by atoms with Gasteiger partial charge in [-0.1, -0.05) is 6.07 Å². The minimum Gasteiger partial charge on any atom is -0.496 e. The van der Waals surface area contributed by atoms with E-state index in [0.29, 0.717) is 5.17 Å². The van der Waals surface area contributed by atoms with Crippen molar-refractivity contribution in [2.24, 2.45) is 17.8 Å². The molecule has 0 heterocycles. The normalized spacial score (nSPS) is 33.4. The van der Waals surface area contributed by atoms with Crippen LogP contribution in [0.4, 0.5) is 0 Å². The van der Waals surface area contributed by atoms with Gasteiger partial charge >= 0.3 is 0 Å². The fourth-order valence-corrected chi connectivity index (χ4v) is 5.98. The summed E-state index contributed by atoms with van der Waals surface area (Å²) in [6.07, 6.45) is 8.14.